The van der Waals surface area contributed by atoms with Crippen molar-refractivity contribution >= 4 is 0 Å². The normalized spacial score (nSPS) is 10.6. The Kier molecular flexibility index (Phi) is 4.69. The van der Waals surface area contributed by atoms with Crippen molar-refractivity contribution in [3.63, 3.8) is 0 Å². The van der Waals surface area contributed by atoms with Gasteiger partial charge in [0, 0.05) is 12.1 Å². The van der Waals surface area contributed by atoms with Crippen molar-refractivity contribution in [2.75, 3.05) is 6.54 Å². The summed E-state index contributed by atoms with van der Waals surface area (Å²) in [6, 6.07) is 9.16. The van der Waals surface area contributed by atoms with Crippen LogP contribution in [0.2, 0.25) is 0 Å². The minimum absolute atomic E-state index is 0.288. The number of rotatable bonds is 5. The van der Waals surface area contributed by atoms with Crippen LogP contribution in [-0.4, -0.2) is 6.54 Å². The molecule has 0 atom stereocenters. The van der Waals surface area contributed by atoms with Crippen LogP contribution in [0.4, 0.5) is 8.78 Å². The van der Waals surface area contributed by atoms with Crippen LogP contribution in [-0.2, 0) is 6.54 Å². The summed E-state index contributed by atoms with van der Waals surface area (Å²) in [6.45, 7) is 4.74. The lowest BCUT2D eigenvalue weighted by molar-refractivity contribution is 0.460. The van der Waals surface area contributed by atoms with Gasteiger partial charge in [0.2, 0.25) is 0 Å². The molecule has 0 saturated heterocycles. The fraction of sp³-hybridized carbons (Fsp3) is 0.250. The lowest BCUT2D eigenvalue weighted by atomic mass is 10.1. The van der Waals surface area contributed by atoms with E-state index in [1.54, 1.807) is 25.1 Å². The van der Waals surface area contributed by atoms with E-state index < -0.39 is 0 Å². The molecule has 2 aromatic rings. The van der Waals surface area contributed by atoms with Gasteiger partial charge < -0.3 is 10.1 Å². The first-order chi connectivity index (χ1) is 9.61. The molecule has 0 radical (unpaired) electrons. The average molecular weight is 277 g/mol. The summed E-state index contributed by atoms with van der Waals surface area (Å²) < 4.78 is 32.7. The Bertz CT molecular complexity index is 599. The van der Waals surface area contributed by atoms with Gasteiger partial charge in [-0.3, -0.25) is 0 Å². The second kappa shape index (κ2) is 6.48. The lowest BCUT2D eigenvalue weighted by Crippen LogP contribution is -2.13. The molecule has 2 rings (SSSR count). The monoisotopic (exact) mass is 277 g/mol. The molecule has 4 heteroatoms. The van der Waals surface area contributed by atoms with Crippen LogP contribution in [0.1, 0.15) is 18.1 Å². The van der Waals surface area contributed by atoms with Crippen LogP contribution >= 0.6 is 0 Å². The lowest BCUT2D eigenvalue weighted by Gasteiger charge is -2.13. The fourth-order valence-electron chi connectivity index (χ4n) is 1.86. The Morgan fingerprint density at radius 2 is 1.90 bits per heavy atom. The molecule has 0 bridgehead atoms. The highest BCUT2D eigenvalue weighted by atomic mass is 19.1. The van der Waals surface area contributed by atoms with Crippen LogP contribution in [0.5, 0.6) is 11.5 Å². The van der Waals surface area contributed by atoms with Gasteiger partial charge in [-0.05, 0) is 49.4 Å². The quantitative estimate of drug-likeness (QED) is 0.885. The number of hydrogen-bond acceptors (Lipinski definition) is 2. The zero-order valence-corrected chi connectivity index (χ0v) is 11.5. The van der Waals surface area contributed by atoms with Gasteiger partial charge in [-0.1, -0.05) is 13.0 Å². The third-order valence-electron chi connectivity index (χ3n) is 2.98. The number of hydrogen-bond donors (Lipinski definition) is 1. The Morgan fingerprint density at radius 1 is 1.10 bits per heavy atom. The molecule has 0 aromatic heterocycles. The summed E-state index contributed by atoms with van der Waals surface area (Å²) in [5.41, 5.74) is 0.962. The van der Waals surface area contributed by atoms with Gasteiger partial charge in [0.1, 0.15) is 23.1 Å². The second-order valence-electron chi connectivity index (χ2n) is 4.51. The van der Waals surface area contributed by atoms with Gasteiger partial charge in [-0.15, -0.1) is 0 Å². The second-order valence-corrected chi connectivity index (χ2v) is 4.51. The predicted octanol–water partition coefficient (Wildman–Crippen LogP) is 4.18. The molecular weight excluding hydrogens is 260 g/mol. The van der Waals surface area contributed by atoms with E-state index in [2.05, 4.69) is 5.32 Å². The Morgan fingerprint density at radius 3 is 2.60 bits per heavy atom. The molecule has 2 aromatic carbocycles. The number of aryl methyl sites for hydroxylation is 1. The highest BCUT2D eigenvalue weighted by molar-refractivity contribution is 5.39. The van der Waals surface area contributed by atoms with E-state index in [0.717, 1.165) is 6.54 Å². The van der Waals surface area contributed by atoms with Crippen molar-refractivity contribution in [3.05, 3.63) is 59.2 Å². The first-order valence-corrected chi connectivity index (χ1v) is 6.54. The topological polar surface area (TPSA) is 21.3 Å². The van der Waals surface area contributed by atoms with Crippen LogP contribution in [0.15, 0.2) is 36.4 Å². The van der Waals surface area contributed by atoms with Gasteiger partial charge in [-0.2, -0.15) is 0 Å². The van der Waals surface area contributed by atoms with Gasteiger partial charge >= 0.3 is 0 Å². The molecule has 0 amide bonds. The van der Waals surface area contributed by atoms with E-state index in [-0.39, 0.29) is 11.6 Å². The molecule has 0 spiro atoms. The molecule has 106 valence electrons. The van der Waals surface area contributed by atoms with Gasteiger partial charge in [0.25, 0.3) is 0 Å². The maximum atomic E-state index is 13.8. The zero-order chi connectivity index (χ0) is 14.5. The molecule has 0 aliphatic carbocycles. The first kappa shape index (κ1) is 14.5. The largest absolute Gasteiger partial charge is 0.457 e. The molecule has 0 aliphatic heterocycles. The Hall–Kier alpha value is -1.94. The van der Waals surface area contributed by atoms with Crippen molar-refractivity contribution in [1.82, 2.24) is 5.32 Å². The summed E-state index contributed by atoms with van der Waals surface area (Å²) >= 11 is 0. The van der Waals surface area contributed by atoms with E-state index in [4.69, 9.17) is 4.74 Å². The van der Waals surface area contributed by atoms with E-state index in [0.29, 0.717) is 29.2 Å². The van der Waals surface area contributed by atoms with E-state index in [1.807, 2.05) is 6.92 Å². The van der Waals surface area contributed by atoms with E-state index in [1.165, 1.54) is 18.2 Å². The maximum absolute atomic E-state index is 13.8. The van der Waals surface area contributed by atoms with Crippen molar-refractivity contribution in [1.29, 1.82) is 0 Å². The van der Waals surface area contributed by atoms with E-state index >= 15 is 0 Å². The summed E-state index contributed by atoms with van der Waals surface area (Å²) in [6.07, 6.45) is 0. The van der Waals surface area contributed by atoms with Crippen LogP contribution in [0.25, 0.3) is 0 Å². The summed E-state index contributed by atoms with van der Waals surface area (Å²) in [5.74, 6) is 0.330. The first-order valence-electron chi connectivity index (χ1n) is 6.54. The van der Waals surface area contributed by atoms with Crippen molar-refractivity contribution in [3.8, 4) is 11.5 Å². The Balaban J connectivity index is 2.28. The number of nitrogens with one attached hydrogen (secondary N) is 1. The summed E-state index contributed by atoms with van der Waals surface area (Å²) in [7, 11) is 0. The van der Waals surface area contributed by atoms with Crippen molar-refractivity contribution in [2.45, 2.75) is 20.4 Å². The number of benzene rings is 2. The third-order valence-corrected chi connectivity index (χ3v) is 2.98. The van der Waals surface area contributed by atoms with Crippen molar-refractivity contribution < 1.29 is 13.5 Å². The average Bonchev–Trinajstić information content (AvgIpc) is 2.42. The summed E-state index contributed by atoms with van der Waals surface area (Å²) in [5, 5.41) is 3.07. The van der Waals surface area contributed by atoms with Gasteiger partial charge in [0.05, 0.1) is 0 Å². The van der Waals surface area contributed by atoms with Crippen molar-refractivity contribution in [2.24, 2.45) is 0 Å². The SMILES string of the molecule is CCNCc1c(F)cccc1Oc1ccc(F)c(C)c1. The molecule has 0 unspecified atom stereocenters. The minimum Gasteiger partial charge on any atom is -0.457 e. The molecule has 0 aliphatic rings. The van der Waals surface area contributed by atoms with Crippen LogP contribution in [0, 0.1) is 18.6 Å². The smallest absolute Gasteiger partial charge is 0.134 e. The summed E-state index contributed by atoms with van der Waals surface area (Å²) in [4.78, 5) is 0. The van der Waals surface area contributed by atoms with E-state index in [9.17, 15) is 8.78 Å². The van der Waals surface area contributed by atoms with Crippen LogP contribution < -0.4 is 10.1 Å². The zero-order valence-electron chi connectivity index (χ0n) is 11.5. The molecule has 2 nitrogen and oxygen atoms in total. The molecular formula is C16H17F2NO. The molecule has 0 heterocycles. The predicted molar refractivity (Wildman–Crippen MR) is 75.0 cm³/mol. The number of ether oxygens (including phenoxy) is 1. The maximum Gasteiger partial charge on any atom is 0.134 e. The van der Waals surface area contributed by atoms with Gasteiger partial charge in [-0.25, -0.2) is 8.78 Å². The fourth-order valence-corrected chi connectivity index (χ4v) is 1.86. The highest BCUT2D eigenvalue weighted by Crippen LogP contribution is 2.28. The highest BCUT2D eigenvalue weighted by Gasteiger charge is 2.10. The van der Waals surface area contributed by atoms with Gasteiger partial charge in [0.15, 0.2) is 0 Å². The third kappa shape index (κ3) is 3.33. The molecule has 0 saturated carbocycles. The minimum atomic E-state index is -0.317. The van der Waals surface area contributed by atoms with Crippen LogP contribution in [0.3, 0.4) is 0 Å². The standard InChI is InChI=1S/C16H17F2NO/c1-3-19-10-13-15(18)5-4-6-16(13)20-12-7-8-14(17)11(2)9-12/h4-9,19H,3,10H2,1-2H3. The Labute approximate surface area is 117 Å². The molecule has 20 heavy (non-hydrogen) atoms. The molecule has 1 N–H and O–H groups in total. The number of halogens is 2. The molecule has 0 fully saturated rings.